The van der Waals surface area contributed by atoms with Gasteiger partial charge in [-0.25, -0.2) is 9.97 Å². The maximum absolute atomic E-state index is 8.61. The van der Waals surface area contributed by atoms with Crippen LogP contribution >= 0.6 is 0 Å². The number of anilines is 1. The van der Waals surface area contributed by atoms with Crippen LogP contribution in [-0.4, -0.2) is 20.1 Å². The van der Waals surface area contributed by atoms with Crippen molar-refractivity contribution >= 4 is 5.95 Å². The second-order valence-electron chi connectivity index (χ2n) is 2.58. The van der Waals surface area contributed by atoms with E-state index in [1.165, 1.54) is 18.7 Å². The second-order valence-corrected chi connectivity index (χ2v) is 2.58. The van der Waals surface area contributed by atoms with E-state index in [0.717, 1.165) is 0 Å². The van der Waals surface area contributed by atoms with Crippen molar-refractivity contribution in [1.29, 1.82) is 5.26 Å². The molecule has 0 atom stereocenters. The van der Waals surface area contributed by atoms with Gasteiger partial charge in [0.15, 0.2) is 5.82 Å². The molecule has 0 aliphatic carbocycles. The minimum atomic E-state index is 0.306. The molecule has 0 unspecified atom stereocenters. The summed E-state index contributed by atoms with van der Waals surface area (Å²) in [6.07, 6.45) is 2.74. The number of rotatable bonds is 3. The highest BCUT2D eigenvalue weighted by atomic mass is 16.5. The normalized spacial score (nSPS) is 9.53. The molecular formula is C8H6N6O. The Labute approximate surface area is 84.8 Å². The smallest absolute Gasteiger partial charge is 0.224 e. The molecule has 2 heterocycles. The van der Waals surface area contributed by atoms with Crippen LogP contribution in [0.25, 0.3) is 0 Å². The Morgan fingerprint density at radius 2 is 2.40 bits per heavy atom. The van der Waals surface area contributed by atoms with Crippen molar-refractivity contribution in [3.05, 3.63) is 30.2 Å². The fourth-order valence-electron chi connectivity index (χ4n) is 0.935. The summed E-state index contributed by atoms with van der Waals surface area (Å²) in [6.45, 7) is 0.353. The molecule has 7 heteroatoms. The van der Waals surface area contributed by atoms with Crippen LogP contribution in [0.15, 0.2) is 23.2 Å². The van der Waals surface area contributed by atoms with Crippen LogP contribution in [0, 0.1) is 11.3 Å². The van der Waals surface area contributed by atoms with Crippen molar-refractivity contribution in [2.75, 3.05) is 5.32 Å². The van der Waals surface area contributed by atoms with E-state index in [1.54, 1.807) is 0 Å². The summed E-state index contributed by atoms with van der Waals surface area (Å²) < 4.78 is 4.55. The van der Waals surface area contributed by atoms with Gasteiger partial charge in [0.25, 0.3) is 0 Å². The van der Waals surface area contributed by atoms with Gasteiger partial charge >= 0.3 is 0 Å². The Morgan fingerprint density at radius 3 is 3.13 bits per heavy atom. The van der Waals surface area contributed by atoms with Crippen LogP contribution in [0.5, 0.6) is 0 Å². The summed E-state index contributed by atoms with van der Waals surface area (Å²) in [7, 11) is 0. The summed E-state index contributed by atoms with van der Waals surface area (Å²) in [4.78, 5) is 11.7. The largest absolute Gasteiger partial charge is 0.347 e. The van der Waals surface area contributed by atoms with Crippen LogP contribution in [-0.2, 0) is 6.54 Å². The van der Waals surface area contributed by atoms with Gasteiger partial charge in [-0.05, 0) is 6.07 Å². The number of nitriles is 1. The van der Waals surface area contributed by atoms with Gasteiger partial charge in [0.1, 0.15) is 11.8 Å². The van der Waals surface area contributed by atoms with Crippen LogP contribution < -0.4 is 5.32 Å². The van der Waals surface area contributed by atoms with E-state index in [2.05, 4.69) is 29.9 Å². The standard InChI is InChI=1S/C8H6N6O/c9-3-6-1-2-10-8(13-6)11-4-7-12-5-15-14-7/h1-2,5H,4H2,(H,10,11,13). The minimum Gasteiger partial charge on any atom is -0.347 e. The summed E-state index contributed by atoms with van der Waals surface area (Å²) in [6, 6.07) is 3.45. The predicted molar refractivity (Wildman–Crippen MR) is 48.4 cm³/mol. The van der Waals surface area contributed by atoms with Gasteiger partial charge in [-0.2, -0.15) is 10.2 Å². The van der Waals surface area contributed by atoms with Crippen LogP contribution in [0.2, 0.25) is 0 Å². The Bertz CT molecular complexity index is 474. The molecule has 0 bridgehead atoms. The number of nitrogens with one attached hydrogen (secondary N) is 1. The lowest BCUT2D eigenvalue weighted by Crippen LogP contribution is -2.05. The minimum absolute atomic E-state index is 0.306. The van der Waals surface area contributed by atoms with E-state index in [0.29, 0.717) is 24.0 Å². The first-order valence-corrected chi connectivity index (χ1v) is 4.11. The molecule has 15 heavy (non-hydrogen) atoms. The third kappa shape index (κ3) is 2.25. The summed E-state index contributed by atoms with van der Waals surface area (Å²) in [5.74, 6) is 0.861. The van der Waals surface area contributed by atoms with E-state index in [-0.39, 0.29) is 0 Å². The molecule has 0 saturated carbocycles. The SMILES string of the molecule is N#Cc1ccnc(NCc2ncon2)n1. The van der Waals surface area contributed by atoms with Gasteiger partial charge in [0, 0.05) is 6.20 Å². The highest BCUT2D eigenvalue weighted by Crippen LogP contribution is 2.00. The highest BCUT2D eigenvalue weighted by Gasteiger charge is 2.00. The first kappa shape index (κ1) is 9.08. The molecule has 0 fully saturated rings. The number of hydrogen-bond acceptors (Lipinski definition) is 7. The molecule has 74 valence electrons. The summed E-state index contributed by atoms with van der Waals surface area (Å²) in [5.41, 5.74) is 0.306. The first-order valence-electron chi connectivity index (χ1n) is 4.11. The molecule has 0 spiro atoms. The zero-order valence-corrected chi connectivity index (χ0v) is 7.58. The fraction of sp³-hybridized carbons (Fsp3) is 0.125. The topological polar surface area (TPSA) is 101 Å². The number of aromatic nitrogens is 4. The van der Waals surface area contributed by atoms with Crippen molar-refractivity contribution in [2.24, 2.45) is 0 Å². The molecular weight excluding hydrogens is 196 g/mol. The fourth-order valence-corrected chi connectivity index (χ4v) is 0.935. The van der Waals surface area contributed by atoms with E-state index in [4.69, 9.17) is 5.26 Å². The van der Waals surface area contributed by atoms with Gasteiger partial charge in [-0.1, -0.05) is 5.16 Å². The molecule has 2 rings (SSSR count). The van der Waals surface area contributed by atoms with E-state index in [1.807, 2.05) is 6.07 Å². The maximum atomic E-state index is 8.61. The first-order chi connectivity index (χ1) is 7.38. The van der Waals surface area contributed by atoms with Crippen LogP contribution in [0.1, 0.15) is 11.5 Å². The van der Waals surface area contributed by atoms with Gasteiger partial charge in [-0.3, -0.25) is 0 Å². The zero-order valence-electron chi connectivity index (χ0n) is 7.58. The Kier molecular flexibility index (Phi) is 2.51. The van der Waals surface area contributed by atoms with Crippen LogP contribution in [0.3, 0.4) is 0 Å². The summed E-state index contributed by atoms with van der Waals surface area (Å²) in [5, 5.41) is 15.1. The molecule has 0 amide bonds. The molecule has 2 aromatic heterocycles. The average molecular weight is 202 g/mol. The lowest BCUT2D eigenvalue weighted by atomic mass is 10.4. The lowest BCUT2D eigenvalue weighted by molar-refractivity contribution is 0.411. The maximum Gasteiger partial charge on any atom is 0.224 e. The molecule has 0 aliphatic heterocycles. The predicted octanol–water partition coefficient (Wildman–Crippen LogP) is 0.343. The van der Waals surface area contributed by atoms with Crippen molar-refractivity contribution < 1.29 is 4.52 Å². The molecule has 0 aromatic carbocycles. The van der Waals surface area contributed by atoms with E-state index in [9.17, 15) is 0 Å². The second kappa shape index (κ2) is 4.15. The molecule has 0 saturated heterocycles. The van der Waals surface area contributed by atoms with Crippen LogP contribution in [0.4, 0.5) is 5.95 Å². The Hall–Kier alpha value is -2.49. The van der Waals surface area contributed by atoms with E-state index >= 15 is 0 Å². The molecule has 0 aliphatic rings. The molecule has 7 nitrogen and oxygen atoms in total. The molecule has 1 N–H and O–H groups in total. The monoisotopic (exact) mass is 202 g/mol. The quantitative estimate of drug-likeness (QED) is 0.765. The van der Waals surface area contributed by atoms with Gasteiger partial charge < -0.3 is 9.84 Å². The highest BCUT2D eigenvalue weighted by molar-refractivity contribution is 5.29. The molecule has 0 radical (unpaired) electrons. The van der Waals surface area contributed by atoms with Gasteiger partial charge in [0.2, 0.25) is 12.3 Å². The zero-order chi connectivity index (χ0) is 10.5. The lowest BCUT2D eigenvalue weighted by Gasteiger charge is -2.00. The summed E-state index contributed by atoms with van der Waals surface area (Å²) >= 11 is 0. The van der Waals surface area contributed by atoms with E-state index < -0.39 is 0 Å². The van der Waals surface area contributed by atoms with Crippen molar-refractivity contribution in [2.45, 2.75) is 6.54 Å². The van der Waals surface area contributed by atoms with Gasteiger partial charge in [0.05, 0.1) is 6.54 Å². The van der Waals surface area contributed by atoms with Crippen molar-refractivity contribution in [3.8, 4) is 6.07 Å². The average Bonchev–Trinajstić information content (AvgIpc) is 2.79. The number of nitrogens with zero attached hydrogens (tertiary/aromatic N) is 5. The third-order valence-corrected chi connectivity index (χ3v) is 1.58. The number of hydrogen-bond donors (Lipinski definition) is 1. The Balaban J connectivity index is 2.02. The molecule has 2 aromatic rings. The Morgan fingerprint density at radius 1 is 1.47 bits per heavy atom. The van der Waals surface area contributed by atoms with Gasteiger partial charge in [-0.15, -0.1) is 0 Å². The van der Waals surface area contributed by atoms with Crippen molar-refractivity contribution in [3.63, 3.8) is 0 Å². The van der Waals surface area contributed by atoms with Crippen molar-refractivity contribution in [1.82, 2.24) is 20.1 Å². The third-order valence-electron chi connectivity index (χ3n) is 1.58.